The third-order valence-electron chi connectivity index (χ3n) is 2.19. The lowest BCUT2D eigenvalue weighted by molar-refractivity contribution is 0.560. The van der Waals surface area contributed by atoms with Gasteiger partial charge in [0, 0.05) is 16.7 Å². The molecule has 1 atom stereocenters. The van der Waals surface area contributed by atoms with Crippen LogP contribution in [0, 0.1) is 18.3 Å². The molecule has 0 spiro atoms. The largest absolute Gasteiger partial charge is 0.299 e. The van der Waals surface area contributed by atoms with Gasteiger partial charge in [0.1, 0.15) is 6.04 Å². The van der Waals surface area contributed by atoms with Gasteiger partial charge in [-0.2, -0.15) is 5.26 Å². The second-order valence-electron chi connectivity index (χ2n) is 4.08. The highest BCUT2D eigenvalue weighted by molar-refractivity contribution is 7.99. The van der Waals surface area contributed by atoms with E-state index in [1.807, 2.05) is 12.1 Å². The molecule has 1 unspecified atom stereocenters. The number of aryl methyl sites for hydroxylation is 1. The minimum atomic E-state index is -0.0791. The molecule has 0 aliphatic carbocycles. The molecule has 0 radical (unpaired) electrons. The number of hydrogen-bond acceptors (Lipinski definition) is 3. The van der Waals surface area contributed by atoms with Crippen molar-refractivity contribution in [2.45, 2.75) is 37.8 Å². The Balaban J connectivity index is 2.50. The summed E-state index contributed by atoms with van der Waals surface area (Å²) in [7, 11) is 0. The van der Waals surface area contributed by atoms with Crippen LogP contribution in [-0.4, -0.2) is 17.8 Å². The Morgan fingerprint density at radius 1 is 1.38 bits per heavy atom. The minimum absolute atomic E-state index is 0.0791. The number of rotatable bonds is 5. The number of thioether (sulfide) groups is 1. The van der Waals surface area contributed by atoms with Crippen LogP contribution in [0.4, 0.5) is 0 Å². The standard InChI is InChI=1S/C13H18N2S/c1-10(2)15-12(8-14)9-16-13-7-5-4-6-11(13)3/h4-7,10,12,15H,9H2,1-3H3. The highest BCUT2D eigenvalue weighted by Gasteiger charge is 2.09. The molecule has 1 N–H and O–H groups in total. The summed E-state index contributed by atoms with van der Waals surface area (Å²) >= 11 is 1.74. The van der Waals surface area contributed by atoms with Crippen molar-refractivity contribution in [3.63, 3.8) is 0 Å². The average molecular weight is 234 g/mol. The molecule has 16 heavy (non-hydrogen) atoms. The zero-order valence-corrected chi connectivity index (χ0v) is 10.8. The predicted octanol–water partition coefficient (Wildman–Crippen LogP) is 2.98. The lowest BCUT2D eigenvalue weighted by Gasteiger charge is -2.14. The summed E-state index contributed by atoms with van der Waals surface area (Å²) in [6.45, 7) is 6.21. The summed E-state index contributed by atoms with van der Waals surface area (Å²) in [4.78, 5) is 1.26. The summed E-state index contributed by atoms with van der Waals surface area (Å²) in [5.41, 5.74) is 1.27. The highest BCUT2D eigenvalue weighted by atomic mass is 32.2. The Morgan fingerprint density at radius 3 is 2.62 bits per heavy atom. The summed E-state index contributed by atoms with van der Waals surface area (Å²) in [6.07, 6.45) is 0. The Bertz CT molecular complexity index is 368. The monoisotopic (exact) mass is 234 g/mol. The number of nitrogens with one attached hydrogen (secondary N) is 1. The van der Waals surface area contributed by atoms with Gasteiger partial charge in [0.2, 0.25) is 0 Å². The molecule has 0 aliphatic heterocycles. The van der Waals surface area contributed by atoms with Crippen molar-refractivity contribution >= 4 is 11.8 Å². The Morgan fingerprint density at radius 2 is 2.06 bits per heavy atom. The summed E-state index contributed by atoms with van der Waals surface area (Å²) in [5.74, 6) is 0.791. The fourth-order valence-electron chi connectivity index (χ4n) is 1.42. The van der Waals surface area contributed by atoms with Gasteiger partial charge in [-0.25, -0.2) is 0 Å². The molecular formula is C13H18N2S. The quantitative estimate of drug-likeness (QED) is 0.796. The van der Waals surface area contributed by atoms with Crippen LogP contribution in [0.3, 0.4) is 0 Å². The smallest absolute Gasteiger partial charge is 0.105 e. The highest BCUT2D eigenvalue weighted by Crippen LogP contribution is 2.22. The molecule has 1 rings (SSSR count). The second kappa shape index (κ2) is 6.57. The molecule has 86 valence electrons. The van der Waals surface area contributed by atoms with Crippen LogP contribution in [-0.2, 0) is 0 Å². The van der Waals surface area contributed by atoms with E-state index in [9.17, 15) is 0 Å². The lowest BCUT2D eigenvalue weighted by Crippen LogP contribution is -2.35. The molecule has 0 amide bonds. The fourth-order valence-corrected chi connectivity index (χ4v) is 2.40. The molecule has 0 saturated carbocycles. The minimum Gasteiger partial charge on any atom is -0.299 e. The van der Waals surface area contributed by atoms with Gasteiger partial charge >= 0.3 is 0 Å². The van der Waals surface area contributed by atoms with Crippen LogP contribution in [0.25, 0.3) is 0 Å². The second-order valence-corrected chi connectivity index (χ2v) is 5.14. The van der Waals surface area contributed by atoms with Gasteiger partial charge in [-0.15, -0.1) is 11.8 Å². The van der Waals surface area contributed by atoms with E-state index in [4.69, 9.17) is 5.26 Å². The Labute approximate surface area is 102 Å². The van der Waals surface area contributed by atoms with Crippen LogP contribution < -0.4 is 5.32 Å². The van der Waals surface area contributed by atoms with E-state index >= 15 is 0 Å². The van der Waals surface area contributed by atoms with Crippen LogP contribution >= 0.6 is 11.8 Å². The van der Waals surface area contributed by atoms with Crippen molar-refractivity contribution in [3.8, 4) is 6.07 Å². The van der Waals surface area contributed by atoms with Gasteiger partial charge in [-0.1, -0.05) is 18.2 Å². The van der Waals surface area contributed by atoms with Gasteiger partial charge in [-0.3, -0.25) is 5.32 Å². The molecular weight excluding hydrogens is 216 g/mol. The molecule has 1 aromatic carbocycles. The van der Waals surface area contributed by atoms with Crippen LogP contribution in [0.5, 0.6) is 0 Å². The van der Waals surface area contributed by atoms with Gasteiger partial charge in [-0.05, 0) is 32.4 Å². The molecule has 1 aromatic rings. The first-order valence-corrected chi connectivity index (χ1v) is 6.46. The number of benzene rings is 1. The molecule has 0 fully saturated rings. The molecule has 0 saturated heterocycles. The number of nitrogens with zero attached hydrogens (tertiary/aromatic N) is 1. The van der Waals surface area contributed by atoms with Crippen molar-refractivity contribution in [2.24, 2.45) is 0 Å². The van der Waals surface area contributed by atoms with Gasteiger partial charge in [0.15, 0.2) is 0 Å². The van der Waals surface area contributed by atoms with E-state index < -0.39 is 0 Å². The first-order valence-electron chi connectivity index (χ1n) is 5.47. The first-order chi connectivity index (χ1) is 7.63. The molecule has 2 nitrogen and oxygen atoms in total. The fraction of sp³-hybridized carbons (Fsp3) is 0.462. The molecule has 0 aromatic heterocycles. The zero-order chi connectivity index (χ0) is 12.0. The van der Waals surface area contributed by atoms with Crippen LogP contribution in [0.1, 0.15) is 19.4 Å². The summed E-state index contributed by atoms with van der Waals surface area (Å²) in [5, 5.41) is 12.2. The third-order valence-corrected chi connectivity index (χ3v) is 3.46. The number of nitriles is 1. The normalized spacial score (nSPS) is 12.4. The zero-order valence-electron chi connectivity index (χ0n) is 10.0. The summed E-state index contributed by atoms with van der Waals surface area (Å²) < 4.78 is 0. The lowest BCUT2D eigenvalue weighted by atomic mass is 10.2. The van der Waals surface area contributed by atoms with E-state index in [0.29, 0.717) is 6.04 Å². The van der Waals surface area contributed by atoms with Crippen LogP contribution in [0.15, 0.2) is 29.2 Å². The first kappa shape index (κ1) is 13.1. The molecule has 0 heterocycles. The van der Waals surface area contributed by atoms with Gasteiger partial charge in [0.25, 0.3) is 0 Å². The van der Waals surface area contributed by atoms with E-state index in [-0.39, 0.29) is 6.04 Å². The van der Waals surface area contributed by atoms with Crippen molar-refractivity contribution in [3.05, 3.63) is 29.8 Å². The SMILES string of the molecule is Cc1ccccc1SCC(C#N)NC(C)C. The average Bonchev–Trinajstić information content (AvgIpc) is 2.25. The Hall–Kier alpha value is -0.980. The number of hydrogen-bond donors (Lipinski definition) is 1. The molecule has 0 bridgehead atoms. The Kier molecular flexibility index (Phi) is 5.37. The predicted molar refractivity (Wildman–Crippen MR) is 69.6 cm³/mol. The van der Waals surface area contributed by atoms with Gasteiger partial charge < -0.3 is 0 Å². The van der Waals surface area contributed by atoms with Gasteiger partial charge in [0.05, 0.1) is 6.07 Å². The maximum absolute atomic E-state index is 9.00. The molecule has 0 aliphatic rings. The van der Waals surface area contributed by atoms with E-state index in [1.54, 1.807) is 11.8 Å². The van der Waals surface area contributed by atoms with E-state index in [0.717, 1.165) is 5.75 Å². The third kappa shape index (κ3) is 4.26. The van der Waals surface area contributed by atoms with Crippen molar-refractivity contribution in [2.75, 3.05) is 5.75 Å². The van der Waals surface area contributed by atoms with E-state index in [2.05, 4.69) is 44.3 Å². The maximum Gasteiger partial charge on any atom is 0.105 e. The van der Waals surface area contributed by atoms with E-state index in [1.165, 1.54) is 10.5 Å². The van der Waals surface area contributed by atoms with Crippen LogP contribution in [0.2, 0.25) is 0 Å². The maximum atomic E-state index is 9.00. The molecule has 3 heteroatoms. The summed E-state index contributed by atoms with van der Waals surface area (Å²) in [6, 6.07) is 10.8. The topological polar surface area (TPSA) is 35.8 Å². The van der Waals surface area contributed by atoms with Crippen molar-refractivity contribution in [1.82, 2.24) is 5.32 Å². The van der Waals surface area contributed by atoms with Crippen molar-refractivity contribution < 1.29 is 0 Å². The van der Waals surface area contributed by atoms with Crippen molar-refractivity contribution in [1.29, 1.82) is 5.26 Å².